The van der Waals surface area contributed by atoms with Crippen LogP contribution in [0, 0.1) is 0 Å². The van der Waals surface area contributed by atoms with Crippen LogP contribution >= 0.6 is 0 Å². The number of fused-ring (bicyclic) bond motifs is 3. The van der Waals surface area contributed by atoms with E-state index in [1.807, 2.05) is 31.7 Å². The van der Waals surface area contributed by atoms with Crippen LogP contribution in [0.3, 0.4) is 0 Å². The highest BCUT2D eigenvalue weighted by Crippen LogP contribution is 2.27. The van der Waals surface area contributed by atoms with E-state index in [9.17, 15) is 9.59 Å². The van der Waals surface area contributed by atoms with Crippen LogP contribution in [-0.2, 0) is 22.5 Å². The molecule has 0 radical (unpaired) electrons. The summed E-state index contributed by atoms with van der Waals surface area (Å²) in [5.41, 5.74) is 3.15. The lowest BCUT2D eigenvalue weighted by molar-refractivity contribution is -0.132. The summed E-state index contributed by atoms with van der Waals surface area (Å²) < 4.78 is 5.19. The highest BCUT2D eigenvalue weighted by atomic mass is 16.6. The van der Waals surface area contributed by atoms with Gasteiger partial charge in [-0.2, -0.15) is 0 Å². The number of benzene rings is 1. The van der Waals surface area contributed by atoms with Crippen LogP contribution in [0.5, 0.6) is 0 Å². The fourth-order valence-corrected chi connectivity index (χ4v) is 3.47. The maximum absolute atomic E-state index is 12.5. The molecule has 0 unspecified atom stereocenters. The zero-order valence-corrected chi connectivity index (χ0v) is 16.4. The van der Waals surface area contributed by atoms with Gasteiger partial charge in [-0.15, -0.1) is 0 Å². The quantitative estimate of drug-likeness (QED) is 0.786. The average Bonchev–Trinajstić information content (AvgIpc) is 2.97. The summed E-state index contributed by atoms with van der Waals surface area (Å²) in [5.74, 6) is 0.177. The number of nitrogens with one attached hydrogen (secondary N) is 2. The summed E-state index contributed by atoms with van der Waals surface area (Å²) in [6, 6.07) is 8.30. The predicted molar refractivity (Wildman–Crippen MR) is 106 cm³/mol. The van der Waals surface area contributed by atoms with E-state index in [1.165, 1.54) is 10.9 Å². The van der Waals surface area contributed by atoms with Crippen molar-refractivity contribution < 1.29 is 14.3 Å². The van der Waals surface area contributed by atoms with Gasteiger partial charge in [-0.3, -0.25) is 4.79 Å². The number of carbonyl (C=O) groups excluding carboxylic acids is 2. The van der Waals surface area contributed by atoms with Crippen molar-refractivity contribution in [1.29, 1.82) is 0 Å². The van der Waals surface area contributed by atoms with Crippen LogP contribution in [0.25, 0.3) is 10.9 Å². The first-order chi connectivity index (χ1) is 12.8. The molecule has 0 saturated carbocycles. The van der Waals surface area contributed by atoms with Crippen molar-refractivity contribution in [3.63, 3.8) is 0 Å². The summed E-state index contributed by atoms with van der Waals surface area (Å²) in [6.45, 7) is 7.45. The Morgan fingerprint density at radius 1 is 1.22 bits per heavy atom. The fraction of sp³-hybridized carbons (Fsp3) is 0.524. The van der Waals surface area contributed by atoms with E-state index in [-0.39, 0.29) is 5.91 Å². The van der Waals surface area contributed by atoms with Gasteiger partial charge in [0.05, 0.1) is 6.54 Å². The molecule has 2 aromatic rings. The van der Waals surface area contributed by atoms with Crippen molar-refractivity contribution in [3.05, 3.63) is 35.5 Å². The number of rotatable bonds is 5. The molecule has 27 heavy (non-hydrogen) atoms. The van der Waals surface area contributed by atoms with Crippen molar-refractivity contribution >= 4 is 22.9 Å². The molecule has 0 aliphatic carbocycles. The topological polar surface area (TPSA) is 74.4 Å². The van der Waals surface area contributed by atoms with Gasteiger partial charge >= 0.3 is 6.09 Å². The van der Waals surface area contributed by atoms with E-state index in [0.29, 0.717) is 19.5 Å². The molecule has 6 heteroatoms. The van der Waals surface area contributed by atoms with E-state index in [4.69, 9.17) is 4.74 Å². The molecule has 3 rings (SSSR count). The maximum atomic E-state index is 12.5. The molecule has 2 amide bonds. The zero-order valence-electron chi connectivity index (χ0n) is 16.4. The van der Waals surface area contributed by atoms with Crippen LogP contribution in [0.15, 0.2) is 24.3 Å². The van der Waals surface area contributed by atoms with Gasteiger partial charge in [-0.05, 0) is 51.7 Å². The number of nitrogens with zero attached hydrogens (tertiary/aromatic N) is 1. The molecule has 2 N–H and O–H groups in total. The molecule has 0 spiro atoms. The molecule has 1 aliphatic heterocycles. The van der Waals surface area contributed by atoms with Crippen LogP contribution < -0.4 is 5.32 Å². The second kappa shape index (κ2) is 8.03. The molecule has 1 aromatic heterocycles. The Kier molecular flexibility index (Phi) is 5.73. The van der Waals surface area contributed by atoms with Crippen molar-refractivity contribution in [2.45, 2.75) is 58.6 Å². The lowest BCUT2D eigenvalue weighted by atomic mass is 10.0. The third-order valence-electron chi connectivity index (χ3n) is 4.72. The zero-order chi connectivity index (χ0) is 19.4. The molecule has 0 saturated heterocycles. The van der Waals surface area contributed by atoms with E-state index in [2.05, 4.69) is 28.5 Å². The Bertz CT molecular complexity index is 820. The summed E-state index contributed by atoms with van der Waals surface area (Å²) in [4.78, 5) is 29.5. The highest BCUT2D eigenvalue weighted by Gasteiger charge is 2.23. The fourth-order valence-electron chi connectivity index (χ4n) is 3.47. The molecule has 6 nitrogen and oxygen atoms in total. The SMILES string of the molecule is CC(C)(C)OC(=O)NCCCCC(=O)N1CCc2c([nH]c3ccccc23)C1. The van der Waals surface area contributed by atoms with Crippen molar-refractivity contribution in [3.8, 4) is 0 Å². The number of hydrogen-bond acceptors (Lipinski definition) is 3. The minimum Gasteiger partial charge on any atom is -0.444 e. The molecule has 146 valence electrons. The molecule has 2 heterocycles. The van der Waals surface area contributed by atoms with Crippen molar-refractivity contribution in [2.24, 2.45) is 0 Å². The third-order valence-corrected chi connectivity index (χ3v) is 4.72. The van der Waals surface area contributed by atoms with Crippen LogP contribution in [0.4, 0.5) is 4.79 Å². The third kappa shape index (κ3) is 5.02. The number of aromatic amines is 1. The number of para-hydroxylation sites is 1. The monoisotopic (exact) mass is 371 g/mol. The van der Waals surface area contributed by atoms with Crippen molar-refractivity contribution in [2.75, 3.05) is 13.1 Å². The first-order valence-corrected chi connectivity index (χ1v) is 9.66. The van der Waals surface area contributed by atoms with Gasteiger partial charge in [0, 0.05) is 36.1 Å². The molecule has 0 atom stereocenters. The predicted octanol–water partition coefficient (Wildman–Crippen LogP) is 3.75. The normalized spacial score (nSPS) is 14.1. The number of H-pyrrole nitrogens is 1. The molecular formula is C21H29N3O3. The maximum Gasteiger partial charge on any atom is 0.407 e. The van der Waals surface area contributed by atoms with Crippen LogP contribution in [-0.4, -0.2) is 40.6 Å². The van der Waals surface area contributed by atoms with E-state index < -0.39 is 11.7 Å². The van der Waals surface area contributed by atoms with Gasteiger partial charge in [-0.1, -0.05) is 18.2 Å². The molecule has 1 aromatic carbocycles. The number of ether oxygens (including phenoxy) is 1. The van der Waals surface area contributed by atoms with Gasteiger partial charge in [0.1, 0.15) is 5.60 Å². The van der Waals surface area contributed by atoms with Gasteiger partial charge < -0.3 is 19.9 Å². The molecular weight excluding hydrogens is 342 g/mol. The molecule has 1 aliphatic rings. The summed E-state index contributed by atoms with van der Waals surface area (Å²) in [6.07, 6.45) is 2.51. The lowest BCUT2D eigenvalue weighted by Crippen LogP contribution is -2.36. The standard InChI is InChI=1S/C21H29N3O3/c1-21(2,3)27-20(26)22-12-7-6-10-19(25)24-13-11-16-15-8-4-5-9-17(15)23-18(16)14-24/h4-5,8-9,23H,6-7,10-14H2,1-3H3,(H,22,26). The van der Waals surface area contributed by atoms with E-state index >= 15 is 0 Å². The first kappa shape index (κ1) is 19.3. The van der Waals surface area contributed by atoms with Gasteiger partial charge in [0.15, 0.2) is 0 Å². The Hall–Kier alpha value is -2.50. The Morgan fingerprint density at radius 2 is 2.00 bits per heavy atom. The summed E-state index contributed by atoms with van der Waals surface area (Å²) in [7, 11) is 0. The van der Waals surface area contributed by atoms with E-state index in [1.54, 1.807) is 0 Å². The number of carbonyl (C=O) groups is 2. The largest absolute Gasteiger partial charge is 0.444 e. The molecule has 0 fully saturated rings. The Morgan fingerprint density at radius 3 is 2.78 bits per heavy atom. The second-order valence-electron chi connectivity index (χ2n) is 8.08. The molecule has 0 bridgehead atoms. The second-order valence-corrected chi connectivity index (χ2v) is 8.08. The average molecular weight is 371 g/mol. The number of amides is 2. The minimum atomic E-state index is -0.490. The Balaban J connectivity index is 1.41. The lowest BCUT2D eigenvalue weighted by Gasteiger charge is -2.27. The number of unbranched alkanes of at least 4 members (excludes halogenated alkanes) is 1. The number of alkyl carbamates (subject to hydrolysis) is 1. The van der Waals surface area contributed by atoms with E-state index in [0.717, 1.165) is 37.0 Å². The Labute approximate surface area is 160 Å². The van der Waals surface area contributed by atoms with Gasteiger partial charge in [0.25, 0.3) is 0 Å². The van der Waals surface area contributed by atoms with Gasteiger partial charge in [-0.25, -0.2) is 4.79 Å². The smallest absolute Gasteiger partial charge is 0.407 e. The summed E-state index contributed by atoms with van der Waals surface area (Å²) >= 11 is 0. The minimum absolute atomic E-state index is 0.177. The summed E-state index contributed by atoms with van der Waals surface area (Å²) in [5, 5.41) is 4.00. The highest BCUT2D eigenvalue weighted by molar-refractivity contribution is 5.85. The van der Waals surface area contributed by atoms with Crippen molar-refractivity contribution in [1.82, 2.24) is 15.2 Å². The first-order valence-electron chi connectivity index (χ1n) is 9.66. The number of hydrogen-bond donors (Lipinski definition) is 2. The van der Waals surface area contributed by atoms with Gasteiger partial charge in [0.2, 0.25) is 5.91 Å². The van der Waals surface area contributed by atoms with Crippen LogP contribution in [0.1, 0.15) is 51.3 Å². The number of aromatic nitrogens is 1. The van der Waals surface area contributed by atoms with Crippen LogP contribution in [0.2, 0.25) is 0 Å².